The van der Waals surface area contributed by atoms with Crippen LogP contribution in [0.2, 0.25) is 0 Å². The van der Waals surface area contributed by atoms with Gasteiger partial charge in [0.2, 0.25) is 0 Å². The molecule has 0 aliphatic rings. The van der Waals surface area contributed by atoms with E-state index in [0.29, 0.717) is 5.69 Å². The zero-order valence-electron chi connectivity index (χ0n) is 14.5. The number of fused-ring (bicyclic) bond motifs is 1. The van der Waals surface area contributed by atoms with E-state index in [2.05, 4.69) is 20.5 Å². The van der Waals surface area contributed by atoms with Gasteiger partial charge in [-0.15, -0.1) is 10.2 Å². The van der Waals surface area contributed by atoms with E-state index in [4.69, 9.17) is 5.73 Å². The van der Waals surface area contributed by atoms with Crippen LogP contribution >= 0.6 is 0 Å². The van der Waals surface area contributed by atoms with Crippen LogP contribution in [0.1, 0.15) is 0 Å². The van der Waals surface area contributed by atoms with Crippen LogP contribution < -0.4 is 5.73 Å². The van der Waals surface area contributed by atoms with E-state index in [9.17, 15) is 0 Å². The molecule has 2 N–H and O–H groups in total. The molecule has 0 bridgehead atoms. The highest BCUT2D eigenvalue weighted by Crippen LogP contribution is 2.35. The molecule has 0 amide bonds. The summed E-state index contributed by atoms with van der Waals surface area (Å²) in [7, 11) is 0. The summed E-state index contributed by atoms with van der Waals surface area (Å²) >= 11 is 0. The van der Waals surface area contributed by atoms with Crippen molar-refractivity contribution in [3.8, 4) is 0 Å². The Hall–Kier alpha value is -3.86. The van der Waals surface area contributed by atoms with Crippen molar-refractivity contribution in [2.45, 2.75) is 0 Å². The number of nitrogens with two attached hydrogens (primary N) is 1. The third kappa shape index (κ3) is 3.88. The van der Waals surface area contributed by atoms with Crippen molar-refractivity contribution in [2.75, 3.05) is 5.73 Å². The molecule has 0 aliphatic carbocycles. The van der Waals surface area contributed by atoms with E-state index in [1.165, 1.54) is 0 Å². The van der Waals surface area contributed by atoms with Gasteiger partial charge in [0.25, 0.3) is 0 Å². The molecule has 0 heterocycles. The number of rotatable bonds is 4. The zero-order valence-corrected chi connectivity index (χ0v) is 14.5. The van der Waals surface area contributed by atoms with E-state index >= 15 is 0 Å². The first kappa shape index (κ1) is 16.6. The van der Waals surface area contributed by atoms with Gasteiger partial charge in [0.15, 0.2) is 0 Å². The van der Waals surface area contributed by atoms with Crippen molar-refractivity contribution in [3.05, 3.63) is 91.0 Å². The molecule has 5 heteroatoms. The summed E-state index contributed by atoms with van der Waals surface area (Å²) in [5.74, 6) is 0. The van der Waals surface area contributed by atoms with Crippen molar-refractivity contribution in [2.24, 2.45) is 20.5 Å². The molecule has 130 valence electrons. The topological polar surface area (TPSA) is 75.5 Å². The van der Waals surface area contributed by atoms with Gasteiger partial charge in [-0.3, -0.25) is 0 Å². The van der Waals surface area contributed by atoms with Crippen molar-refractivity contribution in [1.29, 1.82) is 0 Å². The van der Waals surface area contributed by atoms with E-state index in [1.807, 2.05) is 78.9 Å². The van der Waals surface area contributed by atoms with Gasteiger partial charge in [-0.2, -0.15) is 10.2 Å². The van der Waals surface area contributed by atoms with Gasteiger partial charge in [-0.25, -0.2) is 0 Å². The Morgan fingerprint density at radius 2 is 0.926 bits per heavy atom. The average molecular weight is 351 g/mol. The third-order valence-electron chi connectivity index (χ3n) is 4.07. The SMILES string of the molecule is Nc1ccc(/N=N/c2ccc(/N=N/c3ccccc3)c3ccccc23)cc1. The van der Waals surface area contributed by atoms with Crippen molar-refractivity contribution in [1.82, 2.24) is 0 Å². The second kappa shape index (κ2) is 7.58. The highest BCUT2D eigenvalue weighted by molar-refractivity contribution is 5.99. The Balaban J connectivity index is 1.70. The number of hydrogen-bond donors (Lipinski definition) is 1. The summed E-state index contributed by atoms with van der Waals surface area (Å²) in [5.41, 5.74) is 9.54. The highest BCUT2D eigenvalue weighted by atomic mass is 15.1. The summed E-state index contributed by atoms with van der Waals surface area (Å²) in [6.07, 6.45) is 0. The van der Waals surface area contributed by atoms with Crippen molar-refractivity contribution < 1.29 is 0 Å². The second-order valence-corrected chi connectivity index (χ2v) is 5.98. The first-order valence-corrected chi connectivity index (χ1v) is 8.55. The smallest absolute Gasteiger partial charge is 0.0936 e. The minimum atomic E-state index is 0.701. The van der Waals surface area contributed by atoms with E-state index in [-0.39, 0.29) is 0 Å². The lowest BCUT2D eigenvalue weighted by atomic mass is 10.1. The first-order valence-electron chi connectivity index (χ1n) is 8.55. The van der Waals surface area contributed by atoms with E-state index < -0.39 is 0 Å². The summed E-state index contributed by atoms with van der Waals surface area (Å²) in [5, 5.41) is 19.4. The molecular weight excluding hydrogens is 334 g/mol. The predicted molar refractivity (Wildman–Crippen MR) is 110 cm³/mol. The number of nitrogen functional groups attached to an aromatic ring is 1. The molecule has 0 radical (unpaired) electrons. The standard InChI is InChI=1S/C22H17N5/c23-16-10-12-18(13-11-16)25-27-22-15-14-21(19-8-4-5-9-20(19)22)26-24-17-6-2-1-3-7-17/h1-15H,23H2/b26-24+,27-25+. The molecular formula is C22H17N5. The lowest BCUT2D eigenvalue weighted by Crippen LogP contribution is -1.80. The molecule has 0 aliphatic heterocycles. The lowest BCUT2D eigenvalue weighted by molar-refractivity contribution is 1.23. The quantitative estimate of drug-likeness (QED) is 0.305. The maximum absolute atomic E-state index is 5.70. The third-order valence-corrected chi connectivity index (χ3v) is 4.07. The fourth-order valence-corrected chi connectivity index (χ4v) is 2.70. The molecule has 4 aromatic rings. The predicted octanol–water partition coefficient (Wildman–Crippen LogP) is 7.25. The molecule has 0 saturated heterocycles. The summed E-state index contributed by atoms with van der Waals surface area (Å²) in [6.45, 7) is 0. The van der Waals surface area contributed by atoms with Gasteiger partial charge < -0.3 is 5.73 Å². The lowest BCUT2D eigenvalue weighted by Gasteiger charge is -2.04. The summed E-state index contributed by atoms with van der Waals surface area (Å²) < 4.78 is 0. The fourth-order valence-electron chi connectivity index (χ4n) is 2.70. The first-order chi connectivity index (χ1) is 13.3. The Kier molecular flexibility index (Phi) is 4.66. The maximum atomic E-state index is 5.70. The number of hydrogen-bond acceptors (Lipinski definition) is 5. The Morgan fingerprint density at radius 1 is 0.444 bits per heavy atom. The van der Waals surface area contributed by atoms with Crippen LogP contribution in [-0.4, -0.2) is 0 Å². The Bertz CT molecular complexity index is 1120. The molecule has 27 heavy (non-hydrogen) atoms. The van der Waals surface area contributed by atoms with Crippen molar-refractivity contribution >= 4 is 39.2 Å². The van der Waals surface area contributed by atoms with Crippen LogP contribution in [0.25, 0.3) is 10.8 Å². The molecule has 4 aromatic carbocycles. The van der Waals surface area contributed by atoms with Gasteiger partial charge >= 0.3 is 0 Å². The van der Waals surface area contributed by atoms with Crippen LogP contribution in [0, 0.1) is 0 Å². The van der Waals surface area contributed by atoms with Crippen LogP contribution in [-0.2, 0) is 0 Å². The van der Waals surface area contributed by atoms with Gasteiger partial charge in [0.1, 0.15) is 0 Å². The Labute approximate surface area is 156 Å². The van der Waals surface area contributed by atoms with Gasteiger partial charge in [-0.05, 0) is 48.5 Å². The van der Waals surface area contributed by atoms with Gasteiger partial charge in [0.05, 0.1) is 22.7 Å². The second-order valence-electron chi connectivity index (χ2n) is 5.98. The molecule has 0 aromatic heterocycles. The highest BCUT2D eigenvalue weighted by Gasteiger charge is 2.05. The van der Waals surface area contributed by atoms with E-state index in [1.54, 1.807) is 12.1 Å². The van der Waals surface area contributed by atoms with Gasteiger partial charge in [0, 0.05) is 16.5 Å². The molecule has 0 unspecified atom stereocenters. The van der Waals surface area contributed by atoms with Gasteiger partial charge in [-0.1, -0.05) is 42.5 Å². The Morgan fingerprint density at radius 3 is 1.48 bits per heavy atom. The fraction of sp³-hybridized carbons (Fsp3) is 0. The van der Waals surface area contributed by atoms with Crippen LogP contribution in [0.4, 0.5) is 28.4 Å². The number of azo groups is 2. The molecule has 0 atom stereocenters. The minimum Gasteiger partial charge on any atom is -0.399 e. The summed E-state index contributed by atoms with van der Waals surface area (Å²) in [4.78, 5) is 0. The number of benzene rings is 4. The molecule has 4 rings (SSSR count). The minimum absolute atomic E-state index is 0.701. The van der Waals surface area contributed by atoms with Crippen LogP contribution in [0.15, 0.2) is 111 Å². The van der Waals surface area contributed by atoms with Crippen LogP contribution in [0.5, 0.6) is 0 Å². The average Bonchev–Trinajstić information content (AvgIpc) is 2.73. The summed E-state index contributed by atoms with van der Waals surface area (Å²) in [6, 6.07) is 28.7. The van der Waals surface area contributed by atoms with Crippen LogP contribution in [0.3, 0.4) is 0 Å². The molecule has 5 nitrogen and oxygen atoms in total. The maximum Gasteiger partial charge on any atom is 0.0936 e. The van der Waals surface area contributed by atoms with E-state index in [0.717, 1.165) is 33.5 Å². The largest absolute Gasteiger partial charge is 0.399 e. The number of nitrogens with zero attached hydrogens (tertiary/aromatic N) is 4. The molecule has 0 saturated carbocycles. The normalized spacial score (nSPS) is 11.6. The zero-order chi connectivity index (χ0) is 18.5. The molecule has 0 spiro atoms. The number of anilines is 1. The molecule has 0 fully saturated rings. The monoisotopic (exact) mass is 351 g/mol. The van der Waals surface area contributed by atoms with Crippen molar-refractivity contribution in [3.63, 3.8) is 0 Å².